The first-order chi connectivity index (χ1) is 7.23. The maximum absolute atomic E-state index is 5.80. The highest BCUT2D eigenvalue weighted by Crippen LogP contribution is 2.38. The van der Waals surface area contributed by atoms with Crippen LogP contribution < -0.4 is 9.47 Å². The Hall–Kier alpha value is -0.870. The number of hydrogen-bond acceptors (Lipinski definition) is 4. The molecule has 0 bridgehead atoms. The fourth-order valence-electron chi connectivity index (χ4n) is 1.46. The van der Waals surface area contributed by atoms with E-state index in [9.17, 15) is 0 Å². The molecule has 0 spiro atoms. The van der Waals surface area contributed by atoms with Crippen molar-refractivity contribution in [2.24, 2.45) is 0 Å². The molecule has 0 amide bonds. The second-order valence-electron chi connectivity index (χ2n) is 3.31. The summed E-state index contributed by atoms with van der Waals surface area (Å²) in [5.41, 5.74) is 0. The maximum atomic E-state index is 5.80. The smallest absolute Gasteiger partial charge is 0.257 e. The highest BCUT2D eigenvalue weighted by atomic mass is 32.2. The highest BCUT2D eigenvalue weighted by molar-refractivity contribution is 8.00. The second kappa shape index (κ2) is 4.33. The van der Waals surface area contributed by atoms with Crippen LogP contribution >= 0.6 is 11.8 Å². The standard InChI is InChI=1S/C11H14O3S/c1-11(13-7-8-15-11)14-10-6-4-3-5-9(10)12-2/h3-6H,7-8H2,1-2H3. The van der Waals surface area contributed by atoms with E-state index in [0.29, 0.717) is 0 Å². The van der Waals surface area contributed by atoms with Crippen molar-refractivity contribution < 1.29 is 14.2 Å². The average molecular weight is 226 g/mol. The van der Waals surface area contributed by atoms with Gasteiger partial charge in [0.1, 0.15) is 0 Å². The quantitative estimate of drug-likeness (QED) is 0.791. The molecule has 2 rings (SSSR count). The Balaban J connectivity index is 2.16. The molecule has 1 heterocycles. The lowest BCUT2D eigenvalue weighted by molar-refractivity contribution is -0.0805. The first-order valence-electron chi connectivity index (χ1n) is 4.83. The zero-order valence-corrected chi connectivity index (χ0v) is 9.67. The molecule has 1 aromatic carbocycles. The zero-order chi connectivity index (χ0) is 10.7. The molecule has 0 radical (unpaired) electrons. The van der Waals surface area contributed by atoms with Crippen molar-refractivity contribution in [3.63, 3.8) is 0 Å². The minimum absolute atomic E-state index is 0.575. The fraction of sp³-hybridized carbons (Fsp3) is 0.455. The normalized spacial score (nSPS) is 25.2. The molecule has 0 aromatic heterocycles. The van der Waals surface area contributed by atoms with Gasteiger partial charge in [-0.1, -0.05) is 23.9 Å². The van der Waals surface area contributed by atoms with Gasteiger partial charge in [-0.25, -0.2) is 0 Å². The molecule has 82 valence electrons. The van der Waals surface area contributed by atoms with Crippen LogP contribution in [0, 0.1) is 0 Å². The summed E-state index contributed by atoms with van der Waals surface area (Å²) in [7, 11) is 1.63. The Morgan fingerprint density at radius 1 is 1.33 bits per heavy atom. The number of methoxy groups -OCH3 is 1. The van der Waals surface area contributed by atoms with Gasteiger partial charge < -0.3 is 14.2 Å². The van der Waals surface area contributed by atoms with Crippen LogP contribution in [0.25, 0.3) is 0 Å². The molecule has 1 aliphatic rings. The van der Waals surface area contributed by atoms with E-state index < -0.39 is 5.12 Å². The predicted octanol–water partition coefficient (Wildman–Crippen LogP) is 2.51. The van der Waals surface area contributed by atoms with Crippen LogP contribution in [0.5, 0.6) is 11.5 Å². The Morgan fingerprint density at radius 3 is 2.67 bits per heavy atom. The van der Waals surface area contributed by atoms with Gasteiger partial charge in [-0.3, -0.25) is 0 Å². The molecule has 1 fully saturated rings. The van der Waals surface area contributed by atoms with Crippen LogP contribution in [-0.2, 0) is 4.74 Å². The van der Waals surface area contributed by atoms with Gasteiger partial charge >= 0.3 is 0 Å². The van der Waals surface area contributed by atoms with Crippen LogP contribution in [0.1, 0.15) is 6.92 Å². The van der Waals surface area contributed by atoms with Crippen molar-refractivity contribution in [1.82, 2.24) is 0 Å². The van der Waals surface area contributed by atoms with Crippen LogP contribution in [0.2, 0.25) is 0 Å². The molecule has 1 aromatic rings. The number of thioether (sulfide) groups is 1. The lowest BCUT2D eigenvalue weighted by Crippen LogP contribution is -2.27. The van der Waals surface area contributed by atoms with Gasteiger partial charge in [0.25, 0.3) is 5.12 Å². The van der Waals surface area contributed by atoms with E-state index in [0.717, 1.165) is 23.9 Å². The van der Waals surface area contributed by atoms with E-state index in [1.165, 1.54) is 0 Å². The van der Waals surface area contributed by atoms with Crippen molar-refractivity contribution >= 4 is 11.8 Å². The van der Waals surface area contributed by atoms with Crippen molar-refractivity contribution in [1.29, 1.82) is 0 Å². The van der Waals surface area contributed by atoms with Gasteiger partial charge in [-0.2, -0.15) is 0 Å². The third-order valence-electron chi connectivity index (χ3n) is 2.18. The van der Waals surface area contributed by atoms with Crippen molar-refractivity contribution in [2.45, 2.75) is 12.0 Å². The highest BCUT2D eigenvalue weighted by Gasteiger charge is 2.33. The minimum atomic E-state index is -0.575. The number of benzene rings is 1. The topological polar surface area (TPSA) is 27.7 Å². The third-order valence-corrected chi connectivity index (χ3v) is 3.27. The van der Waals surface area contributed by atoms with E-state index in [-0.39, 0.29) is 0 Å². The first kappa shape index (κ1) is 10.6. The Bertz CT molecular complexity index is 334. The van der Waals surface area contributed by atoms with Gasteiger partial charge in [-0.15, -0.1) is 0 Å². The summed E-state index contributed by atoms with van der Waals surface area (Å²) in [4.78, 5) is 0. The molecule has 0 saturated carbocycles. The zero-order valence-electron chi connectivity index (χ0n) is 8.86. The molecule has 4 heteroatoms. The maximum Gasteiger partial charge on any atom is 0.257 e. The van der Waals surface area contributed by atoms with Gasteiger partial charge in [0.2, 0.25) is 0 Å². The fourth-order valence-corrected chi connectivity index (χ4v) is 2.31. The first-order valence-corrected chi connectivity index (χ1v) is 5.82. The lowest BCUT2D eigenvalue weighted by atomic mass is 10.3. The summed E-state index contributed by atoms with van der Waals surface area (Å²) in [5, 5.41) is -0.575. The summed E-state index contributed by atoms with van der Waals surface area (Å²) >= 11 is 1.66. The summed E-state index contributed by atoms with van der Waals surface area (Å²) in [6.45, 7) is 2.66. The summed E-state index contributed by atoms with van der Waals surface area (Å²) < 4.78 is 16.5. The van der Waals surface area contributed by atoms with Gasteiger partial charge in [0.05, 0.1) is 13.7 Å². The third kappa shape index (κ3) is 2.38. The molecule has 1 atom stereocenters. The molecule has 1 aliphatic heterocycles. The average Bonchev–Trinajstić information content (AvgIpc) is 2.66. The molecule has 0 aliphatic carbocycles. The summed E-state index contributed by atoms with van der Waals surface area (Å²) in [5.74, 6) is 2.41. The predicted molar refractivity (Wildman–Crippen MR) is 60.4 cm³/mol. The Kier molecular flexibility index (Phi) is 3.07. The monoisotopic (exact) mass is 226 g/mol. The SMILES string of the molecule is COc1ccccc1OC1(C)OCCS1. The Labute approximate surface area is 93.7 Å². The van der Waals surface area contributed by atoms with Gasteiger partial charge in [0.15, 0.2) is 11.5 Å². The van der Waals surface area contributed by atoms with E-state index in [4.69, 9.17) is 14.2 Å². The molecule has 3 nitrogen and oxygen atoms in total. The molecular formula is C11H14O3S. The van der Waals surface area contributed by atoms with Crippen LogP contribution in [0.3, 0.4) is 0 Å². The lowest BCUT2D eigenvalue weighted by Gasteiger charge is -2.24. The summed E-state index contributed by atoms with van der Waals surface area (Å²) in [6, 6.07) is 7.59. The molecule has 1 unspecified atom stereocenters. The van der Waals surface area contributed by atoms with E-state index in [2.05, 4.69) is 0 Å². The summed E-state index contributed by atoms with van der Waals surface area (Å²) in [6.07, 6.45) is 0. The van der Waals surface area contributed by atoms with Crippen LogP contribution in [0.4, 0.5) is 0 Å². The van der Waals surface area contributed by atoms with Crippen molar-refractivity contribution in [2.75, 3.05) is 19.5 Å². The van der Waals surface area contributed by atoms with E-state index in [1.54, 1.807) is 18.9 Å². The van der Waals surface area contributed by atoms with Crippen LogP contribution in [0.15, 0.2) is 24.3 Å². The largest absolute Gasteiger partial charge is 0.493 e. The van der Waals surface area contributed by atoms with Gasteiger partial charge in [-0.05, 0) is 12.1 Å². The van der Waals surface area contributed by atoms with E-state index >= 15 is 0 Å². The molecule has 0 N–H and O–H groups in total. The number of ether oxygens (including phenoxy) is 3. The number of para-hydroxylation sites is 2. The minimum Gasteiger partial charge on any atom is -0.493 e. The van der Waals surface area contributed by atoms with Crippen molar-refractivity contribution in [3.05, 3.63) is 24.3 Å². The molecular weight excluding hydrogens is 212 g/mol. The van der Waals surface area contributed by atoms with Crippen LogP contribution in [-0.4, -0.2) is 24.6 Å². The van der Waals surface area contributed by atoms with Gasteiger partial charge in [0, 0.05) is 12.7 Å². The Morgan fingerprint density at radius 2 is 2.07 bits per heavy atom. The van der Waals surface area contributed by atoms with Crippen molar-refractivity contribution in [3.8, 4) is 11.5 Å². The number of hydrogen-bond donors (Lipinski definition) is 0. The molecule has 1 saturated heterocycles. The second-order valence-corrected chi connectivity index (χ2v) is 4.75. The number of rotatable bonds is 3. The van der Waals surface area contributed by atoms with E-state index in [1.807, 2.05) is 31.2 Å². The molecule has 15 heavy (non-hydrogen) atoms.